The molecule has 12 nitrogen and oxygen atoms in total. The summed E-state index contributed by atoms with van der Waals surface area (Å²) in [6, 6.07) is 7.57. The average molecular weight is 575 g/mol. The molecule has 0 radical (unpaired) electrons. The predicted molar refractivity (Wildman–Crippen MR) is 159 cm³/mol. The Hall–Kier alpha value is -4.48. The third-order valence-electron chi connectivity index (χ3n) is 8.78. The van der Waals surface area contributed by atoms with Gasteiger partial charge >= 0.3 is 5.69 Å². The number of rotatable bonds is 7. The van der Waals surface area contributed by atoms with Crippen LogP contribution in [0.4, 0.5) is 11.5 Å². The monoisotopic (exact) mass is 574 g/mol. The molecule has 2 aliphatic rings. The van der Waals surface area contributed by atoms with Crippen LogP contribution in [0, 0.1) is 16.0 Å². The lowest BCUT2D eigenvalue weighted by Gasteiger charge is -2.34. The fourth-order valence-corrected chi connectivity index (χ4v) is 6.58. The Morgan fingerprint density at radius 1 is 0.929 bits per heavy atom. The number of benzene rings is 2. The van der Waals surface area contributed by atoms with Gasteiger partial charge in [-0.2, -0.15) is 0 Å². The van der Waals surface area contributed by atoms with E-state index in [0.717, 1.165) is 42.4 Å². The van der Waals surface area contributed by atoms with Crippen LogP contribution < -0.4 is 25.6 Å². The molecule has 2 fully saturated rings. The molecule has 1 saturated carbocycles. The van der Waals surface area contributed by atoms with Crippen LogP contribution in [-0.4, -0.2) is 51.3 Å². The van der Waals surface area contributed by atoms with Crippen LogP contribution in [0.25, 0.3) is 21.8 Å². The smallest absolute Gasteiger partial charge is 0.331 e. The summed E-state index contributed by atoms with van der Waals surface area (Å²) in [5.74, 6) is 2.24. The number of aromatic nitrogens is 4. The molecule has 1 aliphatic heterocycles. The van der Waals surface area contributed by atoms with Crippen molar-refractivity contribution < 1.29 is 14.4 Å². The Morgan fingerprint density at radius 2 is 1.64 bits per heavy atom. The first-order valence-electron chi connectivity index (χ1n) is 14.4. The van der Waals surface area contributed by atoms with Gasteiger partial charge in [0.05, 0.1) is 35.6 Å². The van der Waals surface area contributed by atoms with Crippen LogP contribution in [0.2, 0.25) is 0 Å². The zero-order chi connectivity index (χ0) is 29.4. The maximum atomic E-state index is 14.0. The van der Waals surface area contributed by atoms with Gasteiger partial charge in [0.2, 0.25) is 0 Å². The molecule has 42 heavy (non-hydrogen) atoms. The molecule has 4 aromatic rings. The van der Waals surface area contributed by atoms with E-state index >= 15 is 0 Å². The standard InChI is InChI=1S/C30H34N6O6/c1-41-26-15-22-24(16-27(26)42-2)31-18-32-28(22)33-12-10-20(11-13-33)35-29(37)23-14-21(36(39)40)8-9-25(23)34(30(35)38)17-19-6-4-3-5-7-19/h8-9,14-16,18-20H,3-7,10-13,17H2,1-2H3. The number of nitro groups is 1. The number of nitro benzene ring substituents is 1. The molecule has 0 unspecified atom stereocenters. The van der Waals surface area contributed by atoms with Gasteiger partial charge in [-0.1, -0.05) is 19.3 Å². The predicted octanol–water partition coefficient (Wildman–Crippen LogP) is 4.45. The second kappa shape index (κ2) is 11.4. The minimum absolute atomic E-state index is 0.161. The summed E-state index contributed by atoms with van der Waals surface area (Å²) in [6.45, 7) is 1.63. The first-order valence-corrected chi connectivity index (χ1v) is 14.4. The van der Waals surface area contributed by atoms with Gasteiger partial charge < -0.3 is 14.4 Å². The van der Waals surface area contributed by atoms with Gasteiger partial charge in [0.1, 0.15) is 12.1 Å². The molecule has 3 heterocycles. The highest BCUT2D eigenvalue weighted by molar-refractivity contribution is 5.92. The quantitative estimate of drug-likeness (QED) is 0.232. The molecule has 12 heteroatoms. The topological polar surface area (TPSA) is 135 Å². The number of nitrogens with zero attached hydrogens (tertiary/aromatic N) is 6. The van der Waals surface area contributed by atoms with Crippen LogP contribution in [0.5, 0.6) is 11.5 Å². The van der Waals surface area contributed by atoms with Crippen molar-refractivity contribution in [1.82, 2.24) is 19.1 Å². The Morgan fingerprint density at radius 3 is 2.33 bits per heavy atom. The second-order valence-electron chi connectivity index (χ2n) is 11.2. The molecule has 0 amide bonds. The molecule has 1 aliphatic carbocycles. The van der Waals surface area contributed by atoms with Crippen LogP contribution >= 0.6 is 0 Å². The number of methoxy groups -OCH3 is 2. The number of non-ortho nitro benzene ring substituents is 1. The molecular formula is C30H34N6O6. The fourth-order valence-electron chi connectivity index (χ4n) is 6.58. The Balaban J connectivity index is 1.36. The van der Waals surface area contributed by atoms with Crippen molar-refractivity contribution in [2.45, 2.75) is 57.5 Å². The molecule has 0 N–H and O–H groups in total. The Labute approximate surface area is 241 Å². The first kappa shape index (κ1) is 27.7. The summed E-state index contributed by atoms with van der Waals surface area (Å²) >= 11 is 0. The minimum Gasteiger partial charge on any atom is -0.493 e. The average Bonchev–Trinajstić information content (AvgIpc) is 3.02. The molecule has 0 bridgehead atoms. The van der Waals surface area contributed by atoms with Gasteiger partial charge in [0.25, 0.3) is 11.2 Å². The van der Waals surface area contributed by atoms with Gasteiger partial charge in [-0.05, 0) is 43.7 Å². The van der Waals surface area contributed by atoms with Gasteiger partial charge in [0.15, 0.2) is 11.5 Å². The van der Waals surface area contributed by atoms with Crippen LogP contribution in [-0.2, 0) is 6.54 Å². The summed E-state index contributed by atoms with van der Waals surface area (Å²) in [6.07, 6.45) is 8.09. The largest absolute Gasteiger partial charge is 0.493 e. The van der Waals surface area contributed by atoms with E-state index in [1.165, 1.54) is 29.4 Å². The van der Waals surface area contributed by atoms with Gasteiger partial charge in [-0.15, -0.1) is 0 Å². The lowest BCUT2D eigenvalue weighted by Crippen LogP contribution is -2.46. The molecule has 220 valence electrons. The number of piperidine rings is 1. The van der Waals surface area contributed by atoms with Crippen molar-refractivity contribution in [2.75, 3.05) is 32.2 Å². The van der Waals surface area contributed by atoms with Crippen molar-refractivity contribution in [3.63, 3.8) is 0 Å². The number of ether oxygens (including phenoxy) is 2. The molecule has 0 atom stereocenters. The van der Waals surface area contributed by atoms with E-state index in [2.05, 4.69) is 14.9 Å². The maximum absolute atomic E-state index is 14.0. The van der Waals surface area contributed by atoms with Crippen LogP contribution in [0.1, 0.15) is 51.0 Å². The molecular weight excluding hydrogens is 540 g/mol. The summed E-state index contributed by atoms with van der Waals surface area (Å²) in [5.41, 5.74) is 0.215. The lowest BCUT2D eigenvalue weighted by molar-refractivity contribution is -0.384. The molecule has 6 rings (SSSR count). The summed E-state index contributed by atoms with van der Waals surface area (Å²) in [4.78, 5) is 49.9. The SMILES string of the molecule is COc1cc2ncnc(N3CCC(n4c(=O)c5cc([N+](=O)[O-])ccc5n(CC5CCCCC5)c4=O)CC3)c2cc1OC. The fraction of sp³-hybridized carbons (Fsp3) is 0.467. The van der Waals surface area contributed by atoms with Gasteiger partial charge in [-0.3, -0.25) is 24.0 Å². The number of hydrogen-bond donors (Lipinski definition) is 0. The van der Waals surface area contributed by atoms with Crippen LogP contribution in [0.15, 0.2) is 46.2 Å². The normalized spacial score (nSPS) is 16.7. The maximum Gasteiger partial charge on any atom is 0.331 e. The lowest BCUT2D eigenvalue weighted by atomic mass is 9.89. The zero-order valence-corrected chi connectivity index (χ0v) is 23.8. The molecule has 1 saturated heterocycles. The van der Waals surface area contributed by atoms with Crippen molar-refractivity contribution in [3.05, 3.63) is 67.6 Å². The first-order chi connectivity index (χ1) is 20.4. The van der Waals surface area contributed by atoms with Crippen molar-refractivity contribution in [2.24, 2.45) is 5.92 Å². The highest BCUT2D eigenvalue weighted by Gasteiger charge is 2.28. The Bertz CT molecular complexity index is 1770. The highest BCUT2D eigenvalue weighted by Crippen LogP contribution is 2.36. The van der Waals surface area contributed by atoms with Crippen LogP contribution in [0.3, 0.4) is 0 Å². The van der Waals surface area contributed by atoms with E-state index < -0.39 is 10.5 Å². The highest BCUT2D eigenvalue weighted by atomic mass is 16.6. The number of fused-ring (bicyclic) bond motifs is 2. The number of anilines is 1. The third-order valence-corrected chi connectivity index (χ3v) is 8.78. The molecule has 2 aromatic carbocycles. The molecule has 0 spiro atoms. The number of hydrogen-bond acceptors (Lipinski definition) is 9. The van der Waals surface area contributed by atoms with Crippen molar-refractivity contribution in [3.8, 4) is 11.5 Å². The Kier molecular flexibility index (Phi) is 7.53. The van der Waals surface area contributed by atoms with Gasteiger partial charge in [-0.25, -0.2) is 14.8 Å². The summed E-state index contributed by atoms with van der Waals surface area (Å²) in [5, 5.41) is 12.6. The minimum atomic E-state index is -0.505. The third kappa shape index (κ3) is 4.94. The van der Waals surface area contributed by atoms with Gasteiger partial charge in [0, 0.05) is 49.3 Å². The zero-order valence-electron chi connectivity index (χ0n) is 23.8. The second-order valence-corrected chi connectivity index (χ2v) is 11.2. The van der Waals surface area contributed by atoms with E-state index in [4.69, 9.17) is 9.47 Å². The van der Waals surface area contributed by atoms with E-state index in [-0.39, 0.29) is 22.8 Å². The van der Waals surface area contributed by atoms with E-state index in [1.807, 2.05) is 12.1 Å². The van der Waals surface area contributed by atoms with E-state index in [1.54, 1.807) is 24.9 Å². The summed E-state index contributed by atoms with van der Waals surface area (Å²) < 4.78 is 13.9. The van der Waals surface area contributed by atoms with Crippen molar-refractivity contribution in [1.29, 1.82) is 0 Å². The summed E-state index contributed by atoms with van der Waals surface area (Å²) in [7, 11) is 3.15. The molecule has 2 aromatic heterocycles. The van der Waals surface area contributed by atoms with Crippen molar-refractivity contribution >= 4 is 33.3 Å². The van der Waals surface area contributed by atoms with E-state index in [9.17, 15) is 19.7 Å². The van der Waals surface area contributed by atoms with E-state index in [0.29, 0.717) is 55.4 Å².